The fourth-order valence-electron chi connectivity index (χ4n) is 5.30. The van der Waals surface area contributed by atoms with Crippen LogP contribution in [-0.2, 0) is 11.3 Å². The summed E-state index contributed by atoms with van der Waals surface area (Å²) in [6.45, 7) is 12.0. The van der Waals surface area contributed by atoms with Gasteiger partial charge in [0.2, 0.25) is 5.88 Å². The highest BCUT2D eigenvalue weighted by molar-refractivity contribution is 6.61. The van der Waals surface area contributed by atoms with Crippen LogP contribution in [0.1, 0.15) is 55.5 Å². The predicted molar refractivity (Wildman–Crippen MR) is 159 cm³/mol. The Bertz CT molecular complexity index is 1610. The zero-order valence-corrected chi connectivity index (χ0v) is 23.7. The number of anilines is 2. The molecule has 0 saturated carbocycles. The number of pyridine rings is 1. The average molecular weight is 546 g/mol. The number of fused-ring (bicyclic) bond motifs is 2. The van der Waals surface area contributed by atoms with Gasteiger partial charge in [-0.3, -0.25) is 4.79 Å². The van der Waals surface area contributed by atoms with Gasteiger partial charge in [0.25, 0.3) is 0 Å². The molecule has 0 radical (unpaired) electrons. The number of hydrogen-bond acceptors (Lipinski definition) is 7. The lowest BCUT2D eigenvalue weighted by molar-refractivity contribution is 0.275. The van der Waals surface area contributed by atoms with Crippen LogP contribution in [0.5, 0.6) is 0 Å². The summed E-state index contributed by atoms with van der Waals surface area (Å²) in [5, 5.41) is 14.8. The van der Waals surface area contributed by atoms with Crippen molar-refractivity contribution in [1.82, 2.24) is 4.98 Å². The van der Waals surface area contributed by atoms with E-state index in [9.17, 15) is 9.82 Å². The maximum atomic E-state index is 13.5. The maximum Gasteiger partial charge on any atom is 0.491 e. The summed E-state index contributed by atoms with van der Waals surface area (Å²) in [5.74, 6) is 0.627. The topological polar surface area (TPSA) is 87.8 Å². The second-order valence-corrected chi connectivity index (χ2v) is 10.5. The Morgan fingerprint density at radius 3 is 2.72 bits per heavy atom. The molecule has 202 valence electrons. The Morgan fingerprint density at radius 1 is 1.18 bits per heavy atom. The van der Waals surface area contributed by atoms with Crippen LogP contribution in [0.15, 0.2) is 51.7 Å². The molecule has 7 nitrogen and oxygen atoms in total. The van der Waals surface area contributed by atoms with E-state index in [1.807, 2.05) is 51.1 Å². The number of benzene rings is 2. The van der Waals surface area contributed by atoms with Gasteiger partial charge in [0.15, 0.2) is 5.43 Å². The van der Waals surface area contributed by atoms with Crippen molar-refractivity contribution in [2.24, 2.45) is 0 Å². The fraction of sp³-hybridized carbons (Fsp3) is 0.333. The van der Waals surface area contributed by atoms with Crippen molar-refractivity contribution >= 4 is 46.7 Å². The number of halogens is 1. The number of nitrogens with zero attached hydrogens (tertiary/aromatic N) is 2. The summed E-state index contributed by atoms with van der Waals surface area (Å²) >= 11 is 6.32. The second kappa shape index (κ2) is 11.0. The van der Waals surface area contributed by atoms with Gasteiger partial charge in [0.05, 0.1) is 35.0 Å². The third-order valence-electron chi connectivity index (χ3n) is 7.31. The van der Waals surface area contributed by atoms with Crippen molar-refractivity contribution in [2.45, 2.75) is 53.7 Å². The number of nitrogens with one attached hydrogen (secondary N) is 1. The normalized spacial score (nSPS) is 13.6. The Labute approximate surface area is 233 Å². The average Bonchev–Trinajstić information content (AvgIpc) is 3.30. The van der Waals surface area contributed by atoms with E-state index in [4.69, 9.17) is 20.7 Å². The molecule has 0 amide bonds. The number of hydrogen-bond donors (Lipinski definition) is 2. The Kier molecular flexibility index (Phi) is 7.72. The molecule has 0 fully saturated rings. The van der Waals surface area contributed by atoms with Crippen LogP contribution < -0.4 is 21.1 Å². The first-order valence-corrected chi connectivity index (χ1v) is 13.8. The molecular formula is C30H33BClN3O4. The number of aromatic nitrogens is 1. The molecule has 1 unspecified atom stereocenters. The summed E-state index contributed by atoms with van der Waals surface area (Å²) in [5.41, 5.74) is 6.99. The minimum absolute atomic E-state index is 0.00859. The third kappa shape index (κ3) is 5.16. The van der Waals surface area contributed by atoms with Crippen LogP contribution in [-0.4, -0.2) is 30.2 Å². The van der Waals surface area contributed by atoms with Crippen LogP contribution in [0.25, 0.3) is 22.2 Å². The monoisotopic (exact) mass is 545 g/mol. The van der Waals surface area contributed by atoms with Crippen LogP contribution in [0.2, 0.25) is 5.15 Å². The molecule has 0 bridgehead atoms. The largest absolute Gasteiger partial charge is 0.491 e. The van der Waals surface area contributed by atoms with E-state index in [-0.39, 0.29) is 11.5 Å². The number of rotatable bonds is 8. The summed E-state index contributed by atoms with van der Waals surface area (Å²) in [6.07, 6.45) is 0.950. The molecular weight excluding hydrogens is 513 g/mol. The van der Waals surface area contributed by atoms with Crippen molar-refractivity contribution < 1.29 is 14.1 Å². The lowest BCUT2D eigenvalue weighted by atomic mass is 9.78. The molecule has 5 rings (SSSR count). The molecule has 3 heterocycles. The van der Waals surface area contributed by atoms with Crippen LogP contribution >= 0.6 is 11.6 Å². The van der Waals surface area contributed by atoms with Gasteiger partial charge in [-0.25, -0.2) is 4.98 Å². The van der Waals surface area contributed by atoms with E-state index < -0.39 is 7.12 Å². The van der Waals surface area contributed by atoms with Crippen molar-refractivity contribution in [3.05, 3.63) is 80.1 Å². The van der Waals surface area contributed by atoms with Gasteiger partial charge in [0, 0.05) is 24.2 Å². The lowest BCUT2D eigenvalue weighted by Gasteiger charge is -2.24. The van der Waals surface area contributed by atoms with Gasteiger partial charge >= 0.3 is 7.12 Å². The molecule has 4 aromatic rings. The van der Waals surface area contributed by atoms with E-state index in [1.165, 1.54) is 0 Å². The summed E-state index contributed by atoms with van der Waals surface area (Å²) in [7, 11) is -0.955. The first-order valence-electron chi connectivity index (χ1n) is 13.4. The standard InChI is InChI=1S/C30H33BClN3O4/c1-6-12-35(7-2)30-18(4)28(36)23-14-17(3)13-22(29(23)39-30)19(5)33-25-10-11-26(32)34-27(25)20-8-9-21-16-38-31(37)24(21)15-20/h8-11,13-15,19,33,37H,6-7,12,16H2,1-5H3. The smallest absolute Gasteiger partial charge is 0.440 e. The molecule has 1 atom stereocenters. The molecule has 0 aliphatic carbocycles. The van der Waals surface area contributed by atoms with E-state index >= 15 is 0 Å². The number of aryl methyl sites for hydroxylation is 1. The van der Waals surface area contributed by atoms with Crippen LogP contribution in [0.3, 0.4) is 0 Å². The van der Waals surface area contributed by atoms with E-state index in [0.717, 1.165) is 52.9 Å². The maximum absolute atomic E-state index is 13.5. The van der Waals surface area contributed by atoms with Crippen LogP contribution in [0, 0.1) is 13.8 Å². The second-order valence-electron chi connectivity index (χ2n) is 10.1. The zero-order chi connectivity index (χ0) is 27.8. The first kappa shape index (κ1) is 27.2. The SMILES string of the molecule is CCCN(CC)c1oc2c(C(C)Nc3ccc(Cl)nc3-c3ccc4c(c3)B(O)OC4)cc(C)cc2c(=O)c1C. The van der Waals surface area contributed by atoms with Gasteiger partial charge in [-0.1, -0.05) is 42.8 Å². The molecule has 1 aliphatic heterocycles. The Morgan fingerprint density at radius 2 is 1.97 bits per heavy atom. The molecule has 9 heteroatoms. The van der Waals surface area contributed by atoms with Gasteiger partial charge in [-0.2, -0.15) is 0 Å². The van der Waals surface area contributed by atoms with Gasteiger partial charge in [0.1, 0.15) is 10.7 Å². The Balaban J connectivity index is 1.59. The highest BCUT2D eigenvalue weighted by atomic mass is 35.5. The lowest BCUT2D eigenvalue weighted by Crippen LogP contribution is -2.28. The van der Waals surface area contributed by atoms with Gasteiger partial charge in [-0.05, 0) is 68.9 Å². The first-order chi connectivity index (χ1) is 18.7. The third-order valence-corrected chi connectivity index (χ3v) is 7.52. The van der Waals surface area contributed by atoms with Crippen molar-refractivity contribution in [1.29, 1.82) is 0 Å². The molecule has 2 aromatic carbocycles. The van der Waals surface area contributed by atoms with E-state index in [0.29, 0.717) is 39.9 Å². The van der Waals surface area contributed by atoms with E-state index in [1.54, 1.807) is 6.07 Å². The molecule has 2 N–H and O–H groups in total. The van der Waals surface area contributed by atoms with Crippen LogP contribution in [0.4, 0.5) is 11.6 Å². The van der Waals surface area contributed by atoms with Crippen molar-refractivity contribution in [2.75, 3.05) is 23.3 Å². The zero-order valence-electron chi connectivity index (χ0n) is 23.0. The van der Waals surface area contributed by atoms with Crippen molar-refractivity contribution in [3.8, 4) is 11.3 Å². The van der Waals surface area contributed by atoms with E-state index in [2.05, 4.69) is 35.1 Å². The molecule has 39 heavy (non-hydrogen) atoms. The molecule has 1 aliphatic rings. The molecule has 0 saturated heterocycles. The van der Waals surface area contributed by atoms with Gasteiger partial charge in [-0.15, -0.1) is 0 Å². The summed E-state index contributed by atoms with van der Waals surface area (Å²) in [4.78, 5) is 20.2. The highest BCUT2D eigenvalue weighted by Gasteiger charge is 2.28. The summed E-state index contributed by atoms with van der Waals surface area (Å²) < 4.78 is 11.9. The van der Waals surface area contributed by atoms with Crippen molar-refractivity contribution in [3.63, 3.8) is 0 Å². The minimum atomic E-state index is -0.955. The Hall–Kier alpha value is -3.33. The molecule has 2 aromatic heterocycles. The molecule has 0 spiro atoms. The summed E-state index contributed by atoms with van der Waals surface area (Å²) in [6, 6.07) is 13.2. The quantitative estimate of drug-likeness (QED) is 0.215. The minimum Gasteiger partial charge on any atom is -0.440 e. The highest BCUT2D eigenvalue weighted by Crippen LogP contribution is 2.35. The fourth-order valence-corrected chi connectivity index (χ4v) is 5.45. The van der Waals surface area contributed by atoms with Gasteiger partial charge < -0.3 is 24.3 Å². The predicted octanol–water partition coefficient (Wildman–Crippen LogP) is 5.75.